The number of fused-ring (bicyclic) bond motifs is 1. The fraction of sp³-hybridized carbons (Fsp3) is 0.474. The minimum atomic E-state index is -1.01. The molecule has 1 aliphatic rings. The maximum Gasteiger partial charge on any atom is 0.262 e. The summed E-state index contributed by atoms with van der Waals surface area (Å²) in [5.41, 5.74) is 0.335. The summed E-state index contributed by atoms with van der Waals surface area (Å²) in [4.78, 5) is 50.0. The van der Waals surface area contributed by atoms with Gasteiger partial charge in [0.05, 0.1) is 17.2 Å². The highest BCUT2D eigenvalue weighted by Crippen LogP contribution is 2.34. The number of Topliss-reactive ketones (excluding diaryl/α,β-unsaturated/α-hetero) is 2. The number of benzene rings is 1. The zero-order valence-electron chi connectivity index (χ0n) is 14.9. The Bertz CT molecular complexity index is 754. The minimum Gasteiger partial charge on any atom is -0.300 e. The molecule has 1 aromatic rings. The van der Waals surface area contributed by atoms with Crippen molar-refractivity contribution in [2.75, 3.05) is 0 Å². The van der Waals surface area contributed by atoms with Crippen LogP contribution in [0.2, 0.25) is 0 Å². The van der Waals surface area contributed by atoms with Crippen molar-refractivity contribution in [2.45, 2.75) is 58.9 Å². The van der Waals surface area contributed by atoms with Gasteiger partial charge < -0.3 is 0 Å². The van der Waals surface area contributed by atoms with Crippen LogP contribution in [-0.4, -0.2) is 34.3 Å². The topological polar surface area (TPSA) is 71.5 Å². The lowest BCUT2D eigenvalue weighted by atomic mass is 9.94. The molecule has 1 aromatic carbocycles. The first-order chi connectivity index (χ1) is 11.7. The van der Waals surface area contributed by atoms with E-state index in [1.807, 2.05) is 0 Å². The first kappa shape index (κ1) is 19.0. The van der Waals surface area contributed by atoms with Gasteiger partial charge in [-0.05, 0) is 31.4 Å². The lowest BCUT2D eigenvalue weighted by molar-refractivity contribution is -0.122. The monoisotopic (exact) mass is 347 g/mol. The van der Waals surface area contributed by atoms with Crippen molar-refractivity contribution < 1.29 is 23.6 Å². The van der Waals surface area contributed by atoms with Crippen molar-refractivity contribution in [3.63, 3.8) is 0 Å². The summed E-state index contributed by atoms with van der Waals surface area (Å²) in [6.45, 7) is 6.47. The molecule has 0 N–H and O–H groups in total. The average Bonchev–Trinajstić information content (AvgIpc) is 2.79. The Hall–Kier alpha value is -2.37. The number of halogens is 1. The molecule has 5 nitrogen and oxygen atoms in total. The molecule has 0 fully saturated rings. The molecule has 0 saturated heterocycles. The van der Waals surface area contributed by atoms with Gasteiger partial charge in [-0.25, -0.2) is 4.39 Å². The van der Waals surface area contributed by atoms with Crippen LogP contribution >= 0.6 is 0 Å². The van der Waals surface area contributed by atoms with E-state index in [-0.39, 0.29) is 47.0 Å². The van der Waals surface area contributed by atoms with E-state index >= 15 is 0 Å². The fourth-order valence-electron chi connectivity index (χ4n) is 3.18. The first-order valence-corrected chi connectivity index (χ1v) is 8.43. The lowest BCUT2D eigenvalue weighted by Crippen LogP contribution is -2.44. The average molecular weight is 347 g/mol. The standard InChI is InChI=1S/C19H22FNO4/c1-5-12(23)6-9-15(11(4)22)21-18(24)13-7-8-14(20)16(10(2)3)17(13)19(21)25/h7-8,10,15H,5-6,9H2,1-4H3. The van der Waals surface area contributed by atoms with Gasteiger partial charge in [0.25, 0.3) is 11.8 Å². The smallest absolute Gasteiger partial charge is 0.262 e. The molecule has 1 atom stereocenters. The van der Waals surface area contributed by atoms with Crippen LogP contribution in [0.1, 0.15) is 79.2 Å². The van der Waals surface area contributed by atoms with Gasteiger partial charge in [-0.2, -0.15) is 0 Å². The Morgan fingerprint density at radius 3 is 2.32 bits per heavy atom. The normalized spacial score (nSPS) is 14.9. The third kappa shape index (κ3) is 3.38. The van der Waals surface area contributed by atoms with Crippen molar-refractivity contribution in [3.8, 4) is 0 Å². The predicted octanol–water partition coefficient (Wildman–Crippen LogP) is 3.26. The van der Waals surface area contributed by atoms with Crippen molar-refractivity contribution >= 4 is 23.4 Å². The largest absolute Gasteiger partial charge is 0.300 e. The van der Waals surface area contributed by atoms with E-state index in [4.69, 9.17) is 0 Å². The molecule has 0 radical (unpaired) electrons. The second kappa shape index (κ2) is 7.25. The maximum atomic E-state index is 14.2. The van der Waals surface area contributed by atoms with Gasteiger partial charge in [0.2, 0.25) is 0 Å². The number of rotatable bonds is 7. The Morgan fingerprint density at radius 2 is 1.80 bits per heavy atom. The van der Waals surface area contributed by atoms with Gasteiger partial charge >= 0.3 is 0 Å². The Labute approximate surface area is 146 Å². The third-order valence-corrected chi connectivity index (χ3v) is 4.52. The maximum absolute atomic E-state index is 14.2. The molecule has 6 heteroatoms. The molecule has 1 heterocycles. The summed E-state index contributed by atoms with van der Waals surface area (Å²) in [7, 11) is 0. The summed E-state index contributed by atoms with van der Waals surface area (Å²) < 4.78 is 14.2. The summed E-state index contributed by atoms with van der Waals surface area (Å²) >= 11 is 0. The molecule has 0 aliphatic carbocycles. The number of ketones is 2. The molecule has 1 aliphatic heterocycles. The van der Waals surface area contributed by atoms with Crippen LogP contribution in [0, 0.1) is 5.82 Å². The van der Waals surface area contributed by atoms with Crippen molar-refractivity contribution in [3.05, 3.63) is 34.6 Å². The fourth-order valence-corrected chi connectivity index (χ4v) is 3.18. The second-order valence-corrected chi connectivity index (χ2v) is 6.58. The van der Waals surface area contributed by atoms with E-state index in [0.29, 0.717) is 6.42 Å². The van der Waals surface area contributed by atoms with E-state index in [2.05, 4.69) is 0 Å². The number of imide groups is 1. The van der Waals surface area contributed by atoms with Gasteiger partial charge in [0.15, 0.2) is 5.78 Å². The first-order valence-electron chi connectivity index (χ1n) is 8.43. The zero-order chi connectivity index (χ0) is 18.9. The number of hydrogen-bond donors (Lipinski definition) is 0. The van der Waals surface area contributed by atoms with Gasteiger partial charge in [0, 0.05) is 18.4 Å². The van der Waals surface area contributed by atoms with Crippen LogP contribution in [0.3, 0.4) is 0 Å². The highest BCUT2D eigenvalue weighted by atomic mass is 19.1. The SMILES string of the molecule is CCC(=O)CCC(C(C)=O)N1C(=O)c2ccc(F)c(C(C)C)c2C1=O. The number of carbonyl (C=O) groups is 4. The van der Waals surface area contributed by atoms with Crippen LogP contribution in [0.25, 0.3) is 0 Å². The third-order valence-electron chi connectivity index (χ3n) is 4.52. The molecule has 25 heavy (non-hydrogen) atoms. The molecule has 2 amide bonds. The molecule has 1 unspecified atom stereocenters. The molecule has 0 spiro atoms. The Balaban J connectivity index is 2.45. The molecule has 134 valence electrons. The molecule has 0 bridgehead atoms. The number of amides is 2. The van der Waals surface area contributed by atoms with Crippen LogP contribution in [0.4, 0.5) is 4.39 Å². The number of nitrogens with zero attached hydrogens (tertiary/aromatic N) is 1. The second-order valence-electron chi connectivity index (χ2n) is 6.58. The van der Waals surface area contributed by atoms with E-state index in [1.165, 1.54) is 19.1 Å². The number of hydrogen-bond acceptors (Lipinski definition) is 4. The lowest BCUT2D eigenvalue weighted by Gasteiger charge is -2.23. The van der Waals surface area contributed by atoms with E-state index < -0.39 is 23.7 Å². The quantitative estimate of drug-likeness (QED) is 0.710. The molecular weight excluding hydrogens is 325 g/mol. The van der Waals surface area contributed by atoms with Crippen molar-refractivity contribution in [2.24, 2.45) is 0 Å². The van der Waals surface area contributed by atoms with Crippen molar-refractivity contribution in [1.82, 2.24) is 4.90 Å². The van der Waals surface area contributed by atoms with Crippen LogP contribution in [0.15, 0.2) is 12.1 Å². The highest BCUT2D eigenvalue weighted by Gasteiger charge is 2.43. The Morgan fingerprint density at radius 1 is 1.16 bits per heavy atom. The van der Waals surface area contributed by atoms with E-state index in [9.17, 15) is 23.6 Å². The van der Waals surface area contributed by atoms with Crippen LogP contribution in [0.5, 0.6) is 0 Å². The summed E-state index contributed by atoms with van der Waals surface area (Å²) in [5, 5.41) is 0. The minimum absolute atomic E-state index is 0.0352. The van der Waals surface area contributed by atoms with Gasteiger partial charge in [0.1, 0.15) is 11.6 Å². The summed E-state index contributed by atoms with van der Waals surface area (Å²) in [5.74, 6) is -2.51. The highest BCUT2D eigenvalue weighted by molar-refractivity contribution is 6.23. The molecule has 0 aromatic heterocycles. The summed E-state index contributed by atoms with van der Waals surface area (Å²) in [6.07, 6.45) is 0.530. The molecule has 0 saturated carbocycles. The van der Waals surface area contributed by atoms with E-state index in [0.717, 1.165) is 4.90 Å². The van der Waals surface area contributed by atoms with Crippen LogP contribution < -0.4 is 0 Å². The molecular formula is C19H22FNO4. The van der Waals surface area contributed by atoms with Crippen LogP contribution in [-0.2, 0) is 9.59 Å². The van der Waals surface area contributed by atoms with Gasteiger partial charge in [-0.15, -0.1) is 0 Å². The van der Waals surface area contributed by atoms with Gasteiger partial charge in [-0.3, -0.25) is 24.1 Å². The zero-order valence-corrected chi connectivity index (χ0v) is 14.9. The summed E-state index contributed by atoms with van der Waals surface area (Å²) in [6, 6.07) is 1.45. The molecule has 2 rings (SSSR count). The number of carbonyl (C=O) groups excluding carboxylic acids is 4. The van der Waals surface area contributed by atoms with E-state index in [1.54, 1.807) is 20.8 Å². The predicted molar refractivity (Wildman–Crippen MR) is 90.0 cm³/mol. The van der Waals surface area contributed by atoms with Crippen molar-refractivity contribution in [1.29, 1.82) is 0 Å². The Kier molecular flexibility index (Phi) is 5.50. The van der Waals surface area contributed by atoms with Gasteiger partial charge in [-0.1, -0.05) is 20.8 Å².